The largest absolute Gasteiger partial charge is 0.375 e. The van der Waals surface area contributed by atoms with Gasteiger partial charge in [0.05, 0.1) is 24.6 Å². The third-order valence-electron chi connectivity index (χ3n) is 3.61. The number of pyridine rings is 1. The second-order valence-electron chi connectivity index (χ2n) is 5.35. The summed E-state index contributed by atoms with van der Waals surface area (Å²) in [5.74, 6) is 0.781. The van der Waals surface area contributed by atoms with Gasteiger partial charge in [0, 0.05) is 18.7 Å². The number of ether oxygens (including phenoxy) is 1. The summed E-state index contributed by atoms with van der Waals surface area (Å²) in [4.78, 5) is 18.7. The number of hydrogen-bond donors (Lipinski definition) is 1. The Morgan fingerprint density at radius 1 is 1.27 bits per heavy atom. The zero-order valence-electron chi connectivity index (χ0n) is 12.5. The molecule has 1 aliphatic rings. The second kappa shape index (κ2) is 6.58. The van der Waals surface area contributed by atoms with E-state index < -0.39 is 0 Å². The van der Waals surface area contributed by atoms with Gasteiger partial charge in [-0.05, 0) is 31.2 Å². The average Bonchev–Trinajstić information content (AvgIpc) is 2.56. The van der Waals surface area contributed by atoms with Gasteiger partial charge in [0.2, 0.25) is 0 Å². The number of benzene rings is 1. The minimum atomic E-state index is -0.129. The smallest absolute Gasteiger partial charge is 0.255 e. The number of amides is 1. The van der Waals surface area contributed by atoms with Crippen molar-refractivity contribution in [3.8, 4) is 0 Å². The van der Waals surface area contributed by atoms with E-state index in [1.807, 2.05) is 30.3 Å². The van der Waals surface area contributed by atoms with Gasteiger partial charge in [-0.2, -0.15) is 0 Å². The zero-order chi connectivity index (χ0) is 15.4. The number of carbonyl (C=O) groups excluding carboxylic acids is 1. The van der Waals surface area contributed by atoms with Gasteiger partial charge in [-0.1, -0.05) is 18.2 Å². The number of rotatable bonds is 3. The SMILES string of the molecule is CC1CN(c2ccc(NC(=O)c3ccccc3)cn2)CCO1. The highest BCUT2D eigenvalue weighted by molar-refractivity contribution is 6.04. The van der Waals surface area contributed by atoms with Crippen molar-refractivity contribution in [2.24, 2.45) is 0 Å². The molecule has 0 radical (unpaired) electrons. The van der Waals surface area contributed by atoms with E-state index in [0.29, 0.717) is 11.3 Å². The van der Waals surface area contributed by atoms with Gasteiger partial charge < -0.3 is 15.0 Å². The van der Waals surface area contributed by atoms with Gasteiger partial charge in [0.25, 0.3) is 5.91 Å². The Morgan fingerprint density at radius 2 is 2.09 bits per heavy atom. The highest BCUT2D eigenvalue weighted by Crippen LogP contribution is 2.17. The number of carbonyl (C=O) groups is 1. The minimum Gasteiger partial charge on any atom is -0.375 e. The molecule has 1 fully saturated rings. The summed E-state index contributed by atoms with van der Waals surface area (Å²) in [6.07, 6.45) is 1.91. The molecule has 1 aromatic carbocycles. The molecule has 1 atom stereocenters. The number of nitrogens with zero attached hydrogens (tertiary/aromatic N) is 2. The molecule has 1 amide bonds. The maximum absolute atomic E-state index is 12.1. The average molecular weight is 297 g/mol. The van der Waals surface area contributed by atoms with Gasteiger partial charge in [0.15, 0.2) is 0 Å². The van der Waals surface area contributed by atoms with E-state index in [0.717, 1.165) is 25.5 Å². The predicted molar refractivity (Wildman–Crippen MR) is 86.3 cm³/mol. The monoisotopic (exact) mass is 297 g/mol. The first kappa shape index (κ1) is 14.5. The van der Waals surface area contributed by atoms with E-state index in [1.54, 1.807) is 18.3 Å². The summed E-state index contributed by atoms with van der Waals surface area (Å²) in [6.45, 7) is 4.45. The zero-order valence-corrected chi connectivity index (χ0v) is 12.5. The van der Waals surface area contributed by atoms with E-state index in [9.17, 15) is 4.79 Å². The molecule has 5 nitrogen and oxygen atoms in total. The van der Waals surface area contributed by atoms with Crippen LogP contribution in [0, 0.1) is 0 Å². The van der Waals surface area contributed by atoms with Crippen molar-refractivity contribution in [3.63, 3.8) is 0 Å². The highest BCUT2D eigenvalue weighted by atomic mass is 16.5. The van der Waals surface area contributed by atoms with Crippen LogP contribution in [0.15, 0.2) is 48.7 Å². The van der Waals surface area contributed by atoms with Gasteiger partial charge in [-0.3, -0.25) is 4.79 Å². The van der Waals surface area contributed by atoms with Crippen molar-refractivity contribution < 1.29 is 9.53 Å². The van der Waals surface area contributed by atoms with E-state index in [2.05, 4.69) is 22.1 Å². The van der Waals surface area contributed by atoms with Crippen LogP contribution in [-0.2, 0) is 4.74 Å². The van der Waals surface area contributed by atoms with Crippen molar-refractivity contribution in [1.82, 2.24) is 4.98 Å². The standard InChI is InChI=1S/C17H19N3O2/c1-13-12-20(9-10-22-13)16-8-7-15(11-18-16)19-17(21)14-5-3-2-4-6-14/h2-8,11,13H,9-10,12H2,1H3,(H,19,21). The molecule has 0 saturated carbocycles. The molecule has 3 rings (SSSR count). The fraction of sp³-hybridized carbons (Fsp3) is 0.294. The van der Waals surface area contributed by atoms with Crippen molar-refractivity contribution in [1.29, 1.82) is 0 Å². The van der Waals surface area contributed by atoms with Gasteiger partial charge >= 0.3 is 0 Å². The third kappa shape index (κ3) is 3.43. The van der Waals surface area contributed by atoms with Crippen LogP contribution in [0.5, 0.6) is 0 Å². The molecule has 0 aliphatic carbocycles. The molecule has 1 aliphatic heterocycles. The normalized spacial score (nSPS) is 18.0. The van der Waals surface area contributed by atoms with Crippen molar-refractivity contribution in [2.45, 2.75) is 13.0 Å². The lowest BCUT2D eigenvalue weighted by Gasteiger charge is -2.32. The first-order chi connectivity index (χ1) is 10.7. The second-order valence-corrected chi connectivity index (χ2v) is 5.35. The Morgan fingerprint density at radius 3 is 2.77 bits per heavy atom. The van der Waals surface area contributed by atoms with Crippen LogP contribution in [-0.4, -0.2) is 36.7 Å². The first-order valence-corrected chi connectivity index (χ1v) is 7.41. The van der Waals surface area contributed by atoms with Crippen LogP contribution in [0.3, 0.4) is 0 Å². The molecule has 1 saturated heterocycles. The molecule has 1 N–H and O–H groups in total. The van der Waals surface area contributed by atoms with Crippen LogP contribution in [0.2, 0.25) is 0 Å². The number of aromatic nitrogens is 1. The molecule has 1 unspecified atom stereocenters. The Hall–Kier alpha value is -2.40. The Labute approximate surface area is 129 Å². The van der Waals surface area contributed by atoms with Crippen molar-refractivity contribution in [2.75, 3.05) is 29.9 Å². The molecular formula is C17H19N3O2. The third-order valence-corrected chi connectivity index (χ3v) is 3.61. The summed E-state index contributed by atoms with van der Waals surface area (Å²) < 4.78 is 5.53. The highest BCUT2D eigenvalue weighted by Gasteiger charge is 2.17. The Kier molecular flexibility index (Phi) is 4.34. The van der Waals surface area contributed by atoms with Crippen molar-refractivity contribution in [3.05, 3.63) is 54.2 Å². The molecule has 22 heavy (non-hydrogen) atoms. The topological polar surface area (TPSA) is 54.5 Å². The number of nitrogens with one attached hydrogen (secondary N) is 1. The maximum Gasteiger partial charge on any atom is 0.255 e. The summed E-state index contributed by atoms with van der Waals surface area (Å²) >= 11 is 0. The molecule has 114 valence electrons. The lowest BCUT2D eigenvalue weighted by atomic mass is 10.2. The van der Waals surface area contributed by atoms with E-state index in [-0.39, 0.29) is 12.0 Å². The molecule has 0 bridgehead atoms. The fourth-order valence-corrected chi connectivity index (χ4v) is 2.47. The van der Waals surface area contributed by atoms with Crippen LogP contribution in [0.4, 0.5) is 11.5 Å². The van der Waals surface area contributed by atoms with Gasteiger partial charge in [-0.15, -0.1) is 0 Å². The molecule has 0 spiro atoms. The van der Waals surface area contributed by atoms with E-state index in [4.69, 9.17) is 4.74 Å². The summed E-state index contributed by atoms with van der Waals surface area (Å²) in [6, 6.07) is 12.9. The van der Waals surface area contributed by atoms with E-state index in [1.165, 1.54) is 0 Å². The van der Waals surface area contributed by atoms with Gasteiger partial charge in [0.1, 0.15) is 5.82 Å². The Bertz CT molecular complexity index is 628. The number of morpholine rings is 1. The van der Waals surface area contributed by atoms with Crippen LogP contribution < -0.4 is 10.2 Å². The quantitative estimate of drug-likeness (QED) is 0.946. The Balaban J connectivity index is 1.65. The number of anilines is 2. The van der Waals surface area contributed by atoms with Crippen LogP contribution in [0.1, 0.15) is 17.3 Å². The molecule has 2 heterocycles. The summed E-state index contributed by atoms with van der Waals surface area (Å²) in [7, 11) is 0. The van der Waals surface area contributed by atoms with Crippen LogP contribution in [0.25, 0.3) is 0 Å². The van der Waals surface area contributed by atoms with Crippen LogP contribution >= 0.6 is 0 Å². The summed E-state index contributed by atoms with van der Waals surface area (Å²) in [5.41, 5.74) is 1.33. The lowest BCUT2D eigenvalue weighted by Crippen LogP contribution is -2.41. The summed E-state index contributed by atoms with van der Waals surface area (Å²) in [5, 5.41) is 2.85. The van der Waals surface area contributed by atoms with Crippen molar-refractivity contribution >= 4 is 17.4 Å². The van der Waals surface area contributed by atoms with Gasteiger partial charge in [-0.25, -0.2) is 4.98 Å². The molecular weight excluding hydrogens is 278 g/mol. The van der Waals surface area contributed by atoms with E-state index >= 15 is 0 Å². The maximum atomic E-state index is 12.1. The minimum absolute atomic E-state index is 0.129. The molecule has 5 heteroatoms. The molecule has 1 aromatic heterocycles. The molecule has 2 aromatic rings. The number of hydrogen-bond acceptors (Lipinski definition) is 4. The predicted octanol–water partition coefficient (Wildman–Crippen LogP) is 2.56. The lowest BCUT2D eigenvalue weighted by molar-refractivity contribution is 0.0529. The fourth-order valence-electron chi connectivity index (χ4n) is 2.47. The first-order valence-electron chi connectivity index (χ1n) is 7.41.